The Balaban J connectivity index is 2.39. The van der Waals surface area contributed by atoms with Crippen molar-refractivity contribution < 1.29 is 26.4 Å². The molecular formula is C20H24F3N3O3S. The second-order valence-electron chi connectivity index (χ2n) is 7.02. The van der Waals surface area contributed by atoms with Crippen molar-refractivity contribution in [1.82, 2.24) is 4.98 Å². The Morgan fingerprint density at radius 1 is 1.07 bits per heavy atom. The molecule has 1 heterocycles. The van der Waals surface area contributed by atoms with Gasteiger partial charge < -0.3 is 4.90 Å². The number of halogens is 3. The molecule has 0 fully saturated rings. The summed E-state index contributed by atoms with van der Waals surface area (Å²) >= 11 is 0. The molecule has 0 spiro atoms. The number of rotatable bonds is 9. The van der Waals surface area contributed by atoms with Crippen LogP contribution >= 0.6 is 0 Å². The molecule has 0 amide bonds. The third-order valence-electron chi connectivity index (χ3n) is 4.23. The Labute approximate surface area is 174 Å². The van der Waals surface area contributed by atoms with E-state index in [0.717, 1.165) is 0 Å². The molecule has 0 saturated heterocycles. The first-order valence-electron chi connectivity index (χ1n) is 9.25. The Morgan fingerprint density at radius 2 is 1.70 bits per heavy atom. The van der Waals surface area contributed by atoms with Gasteiger partial charge in [0.15, 0.2) is 11.5 Å². The number of alkyl halides is 3. The fourth-order valence-electron chi connectivity index (χ4n) is 2.76. The van der Waals surface area contributed by atoms with Crippen LogP contribution < -0.4 is 9.21 Å². The molecule has 10 heteroatoms. The Kier molecular flexibility index (Phi) is 7.46. The molecule has 0 atom stereocenters. The van der Waals surface area contributed by atoms with Crippen molar-refractivity contribution in [1.29, 1.82) is 0 Å². The van der Waals surface area contributed by atoms with Gasteiger partial charge in [-0.15, -0.1) is 0 Å². The van der Waals surface area contributed by atoms with E-state index < -0.39 is 22.0 Å². The number of nitrogens with zero attached hydrogens (tertiary/aromatic N) is 3. The summed E-state index contributed by atoms with van der Waals surface area (Å²) in [5.41, 5.74) is 0.854. The summed E-state index contributed by atoms with van der Waals surface area (Å²) in [4.78, 5) is 17.9. The van der Waals surface area contributed by atoms with E-state index in [1.807, 2.05) is 6.92 Å². The minimum Gasteiger partial charge on any atom is -0.363 e. The van der Waals surface area contributed by atoms with Crippen LogP contribution in [0.1, 0.15) is 35.7 Å². The molecule has 1 aromatic carbocycles. The van der Waals surface area contributed by atoms with E-state index in [9.17, 15) is 26.4 Å². The highest BCUT2D eigenvalue weighted by Crippen LogP contribution is 2.27. The molecule has 0 aliphatic rings. The van der Waals surface area contributed by atoms with Gasteiger partial charge in [0.1, 0.15) is 5.82 Å². The van der Waals surface area contributed by atoms with E-state index in [2.05, 4.69) is 4.98 Å². The lowest BCUT2D eigenvalue weighted by molar-refractivity contribution is -0.106. The summed E-state index contributed by atoms with van der Waals surface area (Å²) in [6.45, 7) is 1.54. The van der Waals surface area contributed by atoms with Crippen LogP contribution in [0.5, 0.6) is 0 Å². The predicted molar refractivity (Wildman–Crippen MR) is 110 cm³/mol. The zero-order valence-corrected chi connectivity index (χ0v) is 17.8. The number of hydrogen-bond donors (Lipinski definition) is 0. The van der Waals surface area contributed by atoms with Crippen LogP contribution in [0, 0.1) is 0 Å². The Hall–Kier alpha value is -2.62. The second kappa shape index (κ2) is 9.46. The molecule has 0 aliphatic heterocycles. The van der Waals surface area contributed by atoms with Gasteiger partial charge in [-0.2, -0.15) is 13.2 Å². The van der Waals surface area contributed by atoms with Crippen molar-refractivity contribution in [2.75, 3.05) is 29.1 Å². The molecule has 0 N–H and O–H groups in total. The second-order valence-corrected chi connectivity index (χ2v) is 8.91. The molecule has 30 heavy (non-hydrogen) atoms. The van der Waals surface area contributed by atoms with Gasteiger partial charge in [-0.1, -0.05) is 13.0 Å². The van der Waals surface area contributed by atoms with Crippen LogP contribution in [0.4, 0.5) is 24.7 Å². The van der Waals surface area contributed by atoms with Gasteiger partial charge in [-0.25, -0.2) is 13.4 Å². The number of anilines is 2. The molecule has 2 rings (SSSR count). The van der Waals surface area contributed by atoms with Crippen LogP contribution in [0.15, 0.2) is 42.6 Å². The van der Waals surface area contributed by atoms with Crippen LogP contribution in [0.3, 0.4) is 0 Å². The van der Waals surface area contributed by atoms with Gasteiger partial charge in [-0.05, 0) is 42.3 Å². The lowest BCUT2D eigenvalue weighted by Crippen LogP contribution is -2.37. The summed E-state index contributed by atoms with van der Waals surface area (Å²) in [6, 6.07) is 8.80. The maximum atomic E-state index is 12.9. The molecular weight excluding hydrogens is 419 g/mol. The number of pyridine rings is 1. The predicted octanol–water partition coefficient (Wildman–Crippen LogP) is 4.03. The van der Waals surface area contributed by atoms with Crippen LogP contribution in [-0.2, 0) is 16.6 Å². The van der Waals surface area contributed by atoms with E-state index in [0.29, 0.717) is 34.1 Å². The number of Topliss-reactive ketones (excluding diaryl/α,β-unsaturated/α-hetero) is 1. The van der Waals surface area contributed by atoms with E-state index >= 15 is 0 Å². The fourth-order valence-corrected chi connectivity index (χ4v) is 4.12. The average Bonchev–Trinajstić information content (AvgIpc) is 2.65. The molecule has 2 aromatic rings. The van der Waals surface area contributed by atoms with Gasteiger partial charge in [0.25, 0.3) is 0 Å². The maximum absolute atomic E-state index is 12.9. The zero-order chi connectivity index (χ0) is 22.5. The first-order chi connectivity index (χ1) is 13.9. The fraction of sp³-hybridized carbons (Fsp3) is 0.400. The van der Waals surface area contributed by atoms with Gasteiger partial charge in [0, 0.05) is 32.3 Å². The highest BCUT2D eigenvalue weighted by molar-refractivity contribution is 7.92. The molecule has 1 aromatic heterocycles. The van der Waals surface area contributed by atoms with Crippen molar-refractivity contribution in [3.63, 3.8) is 0 Å². The van der Waals surface area contributed by atoms with Crippen molar-refractivity contribution in [2.24, 2.45) is 0 Å². The third-order valence-corrected chi connectivity index (χ3v) is 5.93. The molecule has 164 valence electrons. The van der Waals surface area contributed by atoms with Gasteiger partial charge >= 0.3 is 6.18 Å². The number of carbonyl (C=O) groups is 1. The van der Waals surface area contributed by atoms with Crippen LogP contribution in [0.2, 0.25) is 0 Å². The number of carbonyl (C=O) groups excluding carboxylic acids is 1. The van der Waals surface area contributed by atoms with E-state index in [-0.39, 0.29) is 18.0 Å². The summed E-state index contributed by atoms with van der Waals surface area (Å²) in [5.74, 6) is -1.47. The number of sulfonamides is 1. The highest BCUT2D eigenvalue weighted by Gasteiger charge is 2.38. The Bertz CT molecular complexity index is 958. The zero-order valence-electron chi connectivity index (χ0n) is 17.0. The minimum absolute atomic E-state index is 0.0454. The summed E-state index contributed by atoms with van der Waals surface area (Å²) in [5, 5.41) is 0. The number of hydrogen-bond acceptors (Lipinski definition) is 5. The van der Waals surface area contributed by atoms with E-state index in [1.165, 1.54) is 30.5 Å². The quantitative estimate of drug-likeness (QED) is 0.548. The van der Waals surface area contributed by atoms with Crippen molar-refractivity contribution >= 4 is 27.3 Å². The number of aromatic nitrogens is 1. The van der Waals surface area contributed by atoms with Gasteiger partial charge in [0.2, 0.25) is 10.0 Å². The SMILES string of the molecule is CCCC(=O)c1ccc(N(Cc2ccc(N(C)C)nc2)S(=O)(=O)CC(F)(F)F)cc1. The molecule has 6 nitrogen and oxygen atoms in total. The maximum Gasteiger partial charge on any atom is 0.404 e. The van der Waals surface area contributed by atoms with Gasteiger partial charge in [-0.3, -0.25) is 9.10 Å². The lowest BCUT2D eigenvalue weighted by atomic mass is 10.1. The van der Waals surface area contributed by atoms with Crippen molar-refractivity contribution in [2.45, 2.75) is 32.5 Å². The van der Waals surface area contributed by atoms with E-state index in [1.54, 1.807) is 31.1 Å². The minimum atomic E-state index is -4.89. The first-order valence-corrected chi connectivity index (χ1v) is 10.9. The highest BCUT2D eigenvalue weighted by atomic mass is 32.2. The normalized spacial score (nSPS) is 11.9. The van der Waals surface area contributed by atoms with Gasteiger partial charge in [0.05, 0.1) is 12.2 Å². The number of ketones is 1. The average molecular weight is 443 g/mol. The largest absolute Gasteiger partial charge is 0.404 e. The monoisotopic (exact) mass is 443 g/mol. The Morgan fingerprint density at radius 3 is 2.17 bits per heavy atom. The van der Waals surface area contributed by atoms with Crippen molar-refractivity contribution in [3.8, 4) is 0 Å². The standard InChI is InChI=1S/C20H24F3N3O3S/c1-4-5-18(27)16-7-9-17(10-8-16)26(30(28,29)14-20(21,22)23)13-15-6-11-19(24-12-15)25(2)3/h6-12H,4-5,13-14H2,1-3H3. The summed E-state index contributed by atoms with van der Waals surface area (Å²) in [6.07, 6.45) is -2.48. The van der Waals surface area contributed by atoms with Crippen molar-refractivity contribution in [3.05, 3.63) is 53.7 Å². The third kappa shape index (κ3) is 6.45. The summed E-state index contributed by atoms with van der Waals surface area (Å²) in [7, 11) is -1.15. The topological polar surface area (TPSA) is 70.6 Å². The van der Waals surface area contributed by atoms with Crippen LogP contribution in [-0.4, -0.2) is 45.2 Å². The molecule has 0 unspecified atom stereocenters. The first kappa shape index (κ1) is 23.7. The molecule has 0 saturated carbocycles. The number of benzene rings is 1. The molecule has 0 bridgehead atoms. The lowest BCUT2D eigenvalue weighted by Gasteiger charge is -2.25. The molecule has 0 radical (unpaired) electrons. The summed E-state index contributed by atoms with van der Waals surface area (Å²) < 4.78 is 64.5. The van der Waals surface area contributed by atoms with Crippen LogP contribution in [0.25, 0.3) is 0 Å². The smallest absolute Gasteiger partial charge is 0.363 e. The molecule has 0 aliphatic carbocycles. The van der Waals surface area contributed by atoms with E-state index in [4.69, 9.17) is 0 Å².